The highest BCUT2D eigenvalue weighted by Gasteiger charge is 2.41. The maximum atomic E-state index is 11.9. The summed E-state index contributed by atoms with van der Waals surface area (Å²) in [5.41, 5.74) is 1.79. The molecule has 3 nitrogen and oxygen atoms in total. The van der Waals surface area contributed by atoms with Crippen molar-refractivity contribution in [3.05, 3.63) is 11.4 Å². The van der Waals surface area contributed by atoms with Gasteiger partial charge >= 0.3 is 0 Å². The monoisotopic (exact) mass is 194 g/mol. The van der Waals surface area contributed by atoms with Crippen LogP contribution in [0.3, 0.4) is 0 Å². The third kappa shape index (κ3) is 1.41. The van der Waals surface area contributed by atoms with Crippen molar-refractivity contribution < 1.29 is 4.79 Å². The minimum atomic E-state index is -0.290. The molecular weight excluding hydrogens is 176 g/mol. The van der Waals surface area contributed by atoms with Gasteiger partial charge in [0.25, 0.3) is 0 Å². The molecule has 1 saturated carbocycles. The van der Waals surface area contributed by atoms with Crippen LogP contribution < -0.4 is 10.6 Å². The van der Waals surface area contributed by atoms with Crippen molar-refractivity contribution in [1.82, 2.24) is 10.6 Å². The zero-order valence-electron chi connectivity index (χ0n) is 8.94. The number of allylic oxidation sites excluding steroid dienone is 2. The van der Waals surface area contributed by atoms with E-state index in [0.717, 1.165) is 37.1 Å². The van der Waals surface area contributed by atoms with E-state index in [9.17, 15) is 4.79 Å². The van der Waals surface area contributed by atoms with E-state index in [0.29, 0.717) is 0 Å². The summed E-state index contributed by atoms with van der Waals surface area (Å²) in [4.78, 5) is 11.9. The number of carbonyl (C=O) groups is 1. The quantitative estimate of drug-likeness (QED) is 0.615. The summed E-state index contributed by atoms with van der Waals surface area (Å²) in [5.74, 6) is 0.167. The average Bonchev–Trinajstić information content (AvgIpc) is 2.17. The molecule has 0 aromatic heterocycles. The second-order valence-electron chi connectivity index (χ2n) is 4.47. The molecule has 3 heteroatoms. The fraction of sp³-hybridized carbons (Fsp3) is 0.727. The number of amides is 1. The van der Waals surface area contributed by atoms with Gasteiger partial charge in [0.05, 0.1) is 0 Å². The lowest BCUT2D eigenvalue weighted by atomic mass is 9.79. The van der Waals surface area contributed by atoms with Gasteiger partial charge in [0.15, 0.2) is 0 Å². The van der Waals surface area contributed by atoms with Crippen LogP contribution in [0.5, 0.6) is 0 Å². The molecule has 2 N–H and O–H groups in total. The molecular formula is C11H18N2O. The Morgan fingerprint density at radius 2 is 1.71 bits per heavy atom. The van der Waals surface area contributed by atoms with E-state index in [1.807, 2.05) is 13.8 Å². The lowest BCUT2D eigenvalue weighted by Crippen LogP contribution is -2.60. The zero-order valence-corrected chi connectivity index (χ0v) is 8.94. The molecule has 2 aliphatic rings. The number of hydrogen-bond donors (Lipinski definition) is 2. The van der Waals surface area contributed by atoms with E-state index in [1.165, 1.54) is 6.42 Å². The van der Waals surface area contributed by atoms with Gasteiger partial charge in [0.1, 0.15) is 5.54 Å². The van der Waals surface area contributed by atoms with Crippen molar-refractivity contribution in [2.24, 2.45) is 0 Å². The van der Waals surface area contributed by atoms with Gasteiger partial charge in [-0.3, -0.25) is 4.79 Å². The molecule has 0 aromatic carbocycles. The fourth-order valence-electron chi connectivity index (χ4n) is 2.40. The molecule has 0 atom stereocenters. The molecule has 1 fully saturated rings. The highest BCUT2D eigenvalue weighted by molar-refractivity contribution is 5.89. The summed E-state index contributed by atoms with van der Waals surface area (Å²) >= 11 is 0. The summed E-state index contributed by atoms with van der Waals surface area (Å²) < 4.78 is 0. The van der Waals surface area contributed by atoms with Crippen LogP contribution in [-0.2, 0) is 4.79 Å². The maximum Gasteiger partial charge on any atom is 0.249 e. The second kappa shape index (κ2) is 3.30. The molecule has 1 heterocycles. The van der Waals surface area contributed by atoms with Gasteiger partial charge in [-0.25, -0.2) is 0 Å². The third-order valence-corrected chi connectivity index (χ3v) is 3.43. The SMILES string of the molecule is CC1=C(C)NC2(CCCCC2)C(=O)N1. The molecule has 0 radical (unpaired) electrons. The Balaban J connectivity index is 2.24. The van der Waals surface area contributed by atoms with E-state index in [2.05, 4.69) is 10.6 Å². The Bertz CT molecular complexity index is 288. The van der Waals surface area contributed by atoms with Crippen molar-refractivity contribution in [2.45, 2.75) is 51.5 Å². The lowest BCUT2D eigenvalue weighted by Gasteiger charge is -2.41. The molecule has 1 aliphatic carbocycles. The van der Waals surface area contributed by atoms with Crippen molar-refractivity contribution in [3.63, 3.8) is 0 Å². The number of nitrogens with one attached hydrogen (secondary N) is 2. The number of rotatable bonds is 0. The Morgan fingerprint density at radius 3 is 2.36 bits per heavy atom. The molecule has 14 heavy (non-hydrogen) atoms. The highest BCUT2D eigenvalue weighted by atomic mass is 16.2. The van der Waals surface area contributed by atoms with Crippen LogP contribution in [0.4, 0.5) is 0 Å². The molecule has 0 bridgehead atoms. The fourth-order valence-corrected chi connectivity index (χ4v) is 2.40. The minimum Gasteiger partial charge on any atom is -0.373 e. The highest BCUT2D eigenvalue weighted by Crippen LogP contribution is 2.31. The Kier molecular flexibility index (Phi) is 2.25. The smallest absolute Gasteiger partial charge is 0.249 e. The van der Waals surface area contributed by atoms with E-state index >= 15 is 0 Å². The van der Waals surface area contributed by atoms with Crippen LogP contribution in [0.2, 0.25) is 0 Å². The number of hydrogen-bond acceptors (Lipinski definition) is 2. The predicted octanol–water partition coefficient (Wildman–Crippen LogP) is 1.66. The molecule has 0 unspecified atom stereocenters. The molecule has 1 aliphatic heterocycles. The molecule has 78 valence electrons. The van der Waals surface area contributed by atoms with Crippen molar-refractivity contribution in [2.75, 3.05) is 0 Å². The molecule has 2 rings (SSSR count). The molecule has 1 amide bonds. The van der Waals surface area contributed by atoms with Crippen molar-refractivity contribution >= 4 is 5.91 Å². The van der Waals surface area contributed by atoms with Crippen LogP contribution in [0.15, 0.2) is 11.4 Å². The van der Waals surface area contributed by atoms with E-state index in [1.54, 1.807) is 0 Å². The first kappa shape index (κ1) is 9.56. The summed E-state index contributed by atoms with van der Waals surface area (Å²) in [6.07, 6.45) is 5.53. The summed E-state index contributed by atoms with van der Waals surface area (Å²) in [6.45, 7) is 3.97. The summed E-state index contributed by atoms with van der Waals surface area (Å²) in [7, 11) is 0. The number of carbonyl (C=O) groups excluding carboxylic acids is 1. The van der Waals surface area contributed by atoms with E-state index in [-0.39, 0.29) is 11.4 Å². The van der Waals surface area contributed by atoms with Crippen LogP contribution in [0.1, 0.15) is 46.0 Å². The van der Waals surface area contributed by atoms with Crippen LogP contribution >= 0.6 is 0 Å². The summed E-state index contributed by atoms with van der Waals surface area (Å²) in [5, 5.41) is 6.37. The van der Waals surface area contributed by atoms with Gasteiger partial charge in [0, 0.05) is 11.4 Å². The third-order valence-electron chi connectivity index (χ3n) is 3.43. The van der Waals surface area contributed by atoms with E-state index < -0.39 is 0 Å². The molecule has 0 saturated heterocycles. The maximum absolute atomic E-state index is 11.9. The topological polar surface area (TPSA) is 41.1 Å². The normalized spacial score (nSPS) is 26.0. The average molecular weight is 194 g/mol. The molecule has 1 spiro atoms. The van der Waals surface area contributed by atoms with Gasteiger partial charge in [0.2, 0.25) is 5.91 Å². The molecule has 0 aromatic rings. The first-order valence-corrected chi connectivity index (χ1v) is 5.41. The standard InChI is InChI=1S/C11H18N2O/c1-8-9(2)13-11(10(14)12-8)6-4-3-5-7-11/h13H,3-7H2,1-2H3,(H,12,14). The zero-order chi connectivity index (χ0) is 10.2. The van der Waals surface area contributed by atoms with Gasteiger partial charge in [-0.2, -0.15) is 0 Å². The predicted molar refractivity (Wildman–Crippen MR) is 55.5 cm³/mol. The second-order valence-corrected chi connectivity index (χ2v) is 4.47. The first-order chi connectivity index (χ1) is 6.64. The first-order valence-electron chi connectivity index (χ1n) is 5.41. The Morgan fingerprint density at radius 1 is 1.07 bits per heavy atom. The van der Waals surface area contributed by atoms with E-state index in [4.69, 9.17) is 0 Å². The van der Waals surface area contributed by atoms with Gasteiger partial charge in [-0.15, -0.1) is 0 Å². The van der Waals surface area contributed by atoms with Gasteiger partial charge < -0.3 is 10.6 Å². The summed E-state index contributed by atoms with van der Waals surface area (Å²) in [6, 6.07) is 0. The van der Waals surface area contributed by atoms with Crippen molar-refractivity contribution in [3.8, 4) is 0 Å². The largest absolute Gasteiger partial charge is 0.373 e. The van der Waals surface area contributed by atoms with Gasteiger partial charge in [-0.1, -0.05) is 19.3 Å². The van der Waals surface area contributed by atoms with Crippen molar-refractivity contribution in [1.29, 1.82) is 0 Å². The Hall–Kier alpha value is -0.990. The minimum absolute atomic E-state index is 0.167. The van der Waals surface area contributed by atoms with Crippen LogP contribution in [0, 0.1) is 0 Å². The lowest BCUT2D eigenvalue weighted by molar-refractivity contribution is -0.128. The Labute approximate surface area is 84.9 Å². The van der Waals surface area contributed by atoms with Crippen LogP contribution in [0.25, 0.3) is 0 Å². The van der Waals surface area contributed by atoms with Gasteiger partial charge in [-0.05, 0) is 26.7 Å². The van der Waals surface area contributed by atoms with Crippen LogP contribution in [-0.4, -0.2) is 11.4 Å².